The minimum atomic E-state index is -4.64. The first-order valence-corrected chi connectivity index (χ1v) is 13.4. The second kappa shape index (κ2) is 10.6. The zero-order valence-electron chi connectivity index (χ0n) is 22.9. The van der Waals surface area contributed by atoms with E-state index >= 15 is 0 Å². The predicted molar refractivity (Wildman–Crippen MR) is 142 cm³/mol. The van der Waals surface area contributed by atoms with Crippen molar-refractivity contribution in [1.82, 2.24) is 14.7 Å². The molecule has 220 valence electrons. The number of halogens is 6. The first-order valence-electron chi connectivity index (χ1n) is 13.4. The van der Waals surface area contributed by atoms with Gasteiger partial charge in [-0.2, -0.15) is 18.3 Å². The van der Waals surface area contributed by atoms with Gasteiger partial charge in [0.1, 0.15) is 12.4 Å². The molecule has 6 nitrogen and oxygen atoms in total. The molecule has 12 heteroatoms. The fourth-order valence-corrected chi connectivity index (χ4v) is 6.07. The molecular weight excluding hydrogens is 548 g/mol. The van der Waals surface area contributed by atoms with E-state index in [0.29, 0.717) is 37.3 Å². The minimum Gasteiger partial charge on any atom is -0.369 e. The number of urea groups is 1. The summed E-state index contributed by atoms with van der Waals surface area (Å²) in [6, 6.07) is 8.31. The quantitative estimate of drug-likeness (QED) is 0.291. The Morgan fingerprint density at radius 2 is 1.68 bits per heavy atom. The van der Waals surface area contributed by atoms with Crippen molar-refractivity contribution in [2.75, 3.05) is 22.9 Å². The lowest BCUT2D eigenvalue weighted by Gasteiger charge is -2.47. The van der Waals surface area contributed by atoms with Crippen LogP contribution in [0, 0.1) is 12.7 Å². The lowest BCUT2D eigenvalue weighted by molar-refractivity contribution is -0.138. The number of para-hydroxylation sites is 1. The molecule has 3 heterocycles. The van der Waals surface area contributed by atoms with Crippen molar-refractivity contribution in [3.05, 3.63) is 76.9 Å². The normalized spacial score (nSPS) is 18.7. The van der Waals surface area contributed by atoms with Crippen LogP contribution in [0.15, 0.2) is 48.7 Å². The first-order chi connectivity index (χ1) is 19.3. The summed E-state index contributed by atoms with van der Waals surface area (Å²) >= 11 is 0. The summed E-state index contributed by atoms with van der Waals surface area (Å²) in [6.07, 6.45) is -2.45. The SMILES string of the molecule is Cc1cccc(F)c1N1CCC(N2C(=O)N(Cc3ccccc3C(F)(F)F)c3cnn(CC(C)(F)F)c3C2C)CC1. The molecule has 0 aliphatic carbocycles. The Balaban J connectivity index is 1.49. The van der Waals surface area contributed by atoms with Crippen LogP contribution in [-0.4, -0.2) is 45.8 Å². The smallest absolute Gasteiger partial charge is 0.369 e. The third kappa shape index (κ3) is 5.60. The lowest BCUT2D eigenvalue weighted by atomic mass is 9.97. The fraction of sp³-hybridized carbons (Fsp3) is 0.448. The van der Waals surface area contributed by atoms with Crippen LogP contribution >= 0.6 is 0 Å². The summed E-state index contributed by atoms with van der Waals surface area (Å²) < 4.78 is 85.4. The molecule has 3 aromatic rings. The van der Waals surface area contributed by atoms with E-state index in [4.69, 9.17) is 0 Å². The number of aromatic nitrogens is 2. The van der Waals surface area contributed by atoms with Gasteiger partial charge in [0.2, 0.25) is 0 Å². The fourth-order valence-electron chi connectivity index (χ4n) is 6.07. The van der Waals surface area contributed by atoms with E-state index in [9.17, 15) is 31.1 Å². The van der Waals surface area contributed by atoms with E-state index in [2.05, 4.69) is 5.10 Å². The molecule has 2 aliphatic heterocycles. The van der Waals surface area contributed by atoms with Gasteiger partial charge in [0, 0.05) is 26.1 Å². The summed E-state index contributed by atoms with van der Waals surface area (Å²) in [7, 11) is 0. The highest BCUT2D eigenvalue weighted by molar-refractivity contribution is 5.95. The van der Waals surface area contributed by atoms with Crippen molar-refractivity contribution in [1.29, 1.82) is 0 Å². The number of rotatable bonds is 6. The van der Waals surface area contributed by atoms with E-state index < -0.39 is 42.8 Å². The molecule has 1 aromatic heterocycles. The molecule has 5 rings (SSSR count). The molecule has 2 aliphatic rings. The van der Waals surface area contributed by atoms with Gasteiger partial charge < -0.3 is 9.80 Å². The summed E-state index contributed by atoms with van der Waals surface area (Å²) in [6.45, 7) is 4.03. The van der Waals surface area contributed by atoms with Crippen LogP contribution in [-0.2, 0) is 19.3 Å². The summed E-state index contributed by atoms with van der Waals surface area (Å²) in [5, 5.41) is 4.13. The lowest BCUT2D eigenvalue weighted by Crippen LogP contribution is -2.55. The molecule has 41 heavy (non-hydrogen) atoms. The second-order valence-electron chi connectivity index (χ2n) is 10.9. The van der Waals surface area contributed by atoms with Crippen LogP contribution in [0.3, 0.4) is 0 Å². The highest BCUT2D eigenvalue weighted by atomic mass is 19.4. The number of hydrogen-bond donors (Lipinski definition) is 0. The van der Waals surface area contributed by atoms with Crippen LogP contribution in [0.4, 0.5) is 42.5 Å². The van der Waals surface area contributed by atoms with E-state index in [-0.39, 0.29) is 23.1 Å². The number of amides is 2. The van der Waals surface area contributed by atoms with Gasteiger partial charge in [0.15, 0.2) is 0 Å². The second-order valence-corrected chi connectivity index (χ2v) is 10.9. The summed E-state index contributed by atoms with van der Waals surface area (Å²) in [5.74, 6) is -3.45. The number of piperidine rings is 1. The van der Waals surface area contributed by atoms with Gasteiger partial charge >= 0.3 is 12.2 Å². The van der Waals surface area contributed by atoms with E-state index in [1.54, 1.807) is 17.9 Å². The third-order valence-electron chi connectivity index (χ3n) is 7.86. The average Bonchev–Trinajstić information content (AvgIpc) is 3.29. The van der Waals surface area contributed by atoms with E-state index in [1.165, 1.54) is 35.4 Å². The topological polar surface area (TPSA) is 44.6 Å². The molecule has 0 radical (unpaired) electrons. The largest absolute Gasteiger partial charge is 0.416 e. The van der Waals surface area contributed by atoms with Crippen LogP contribution in [0.2, 0.25) is 0 Å². The Labute approximate surface area is 234 Å². The molecule has 1 saturated heterocycles. The highest BCUT2D eigenvalue weighted by Crippen LogP contribution is 2.42. The minimum absolute atomic E-state index is 0.118. The molecule has 0 saturated carbocycles. The Bertz CT molecular complexity index is 1400. The monoisotopic (exact) mass is 579 g/mol. The Morgan fingerprint density at radius 1 is 1.00 bits per heavy atom. The molecule has 2 amide bonds. The zero-order valence-corrected chi connectivity index (χ0v) is 22.9. The van der Waals surface area contributed by atoms with Gasteiger partial charge in [0.05, 0.1) is 41.4 Å². The molecule has 1 unspecified atom stereocenters. The van der Waals surface area contributed by atoms with Gasteiger partial charge in [-0.25, -0.2) is 18.0 Å². The molecular formula is C29H31F6N5O. The molecule has 1 fully saturated rings. The van der Waals surface area contributed by atoms with Gasteiger partial charge in [-0.1, -0.05) is 30.3 Å². The van der Waals surface area contributed by atoms with Gasteiger partial charge in [-0.15, -0.1) is 0 Å². The maximum Gasteiger partial charge on any atom is 0.416 e. The number of hydrogen-bond acceptors (Lipinski definition) is 3. The van der Waals surface area contributed by atoms with Crippen molar-refractivity contribution >= 4 is 17.4 Å². The van der Waals surface area contributed by atoms with Crippen LogP contribution in [0.5, 0.6) is 0 Å². The number of fused-ring (bicyclic) bond motifs is 1. The third-order valence-corrected chi connectivity index (χ3v) is 7.86. The highest BCUT2D eigenvalue weighted by Gasteiger charge is 2.44. The maximum absolute atomic E-state index is 14.6. The Morgan fingerprint density at radius 3 is 2.32 bits per heavy atom. The van der Waals surface area contributed by atoms with Crippen molar-refractivity contribution < 1.29 is 31.1 Å². The molecule has 0 N–H and O–H groups in total. The van der Waals surface area contributed by atoms with E-state index in [1.807, 2.05) is 17.9 Å². The number of benzene rings is 2. The molecule has 2 aromatic carbocycles. The average molecular weight is 580 g/mol. The van der Waals surface area contributed by atoms with Crippen molar-refractivity contribution in [3.8, 4) is 0 Å². The zero-order chi connectivity index (χ0) is 29.7. The molecule has 0 spiro atoms. The number of alkyl halides is 5. The first kappa shape index (κ1) is 28.8. The van der Waals surface area contributed by atoms with Gasteiger partial charge in [0.25, 0.3) is 5.92 Å². The number of anilines is 2. The van der Waals surface area contributed by atoms with Gasteiger partial charge in [-0.05, 0) is 49.9 Å². The standard InChI is InChI=1S/C29H31F6N5O/c1-18-7-6-10-23(30)25(18)37-13-11-21(12-14-37)40-19(2)26-24(15-36-39(26)17-28(3,31)32)38(27(40)41)16-20-8-4-5-9-22(20)29(33,34)35/h4-10,15,19,21H,11-14,16-17H2,1-3H3. The van der Waals surface area contributed by atoms with Crippen LogP contribution < -0.4 is 9.80 Å². The number of aryl methyl sites for hydroxylation is 1. The Hall–Kier alpha value is -3.70. The number of carbonyl (C=O) groups is 1. The van der Waals surface area contributed by atoms with E-state index in [0.717, 1.165) is 23.2 Å². The van der Waals surface area contributed by atoms with Gasteiger partial charge in [-0.3, -0.25) is 9.58 Å². The number of nitrogens with zero attached hydrogens (tertiary/aromatic N) is 5. The van der Waals surface area contributed by atoms with Crippen molar-refractivity contribution in [3.63, 3.8) is 0 Å². The summed E-state index contributed by atoms with van der Waals surface area (Å²) in [4.78, 5) is 18.7. The predicted octanol–water partition coefficient (Wildman–Crippen LogP) is 7.18. The van der Waals surface area contributed by atoms with Crippen molar-refractivity contribution in [2.24, 2.45) is 0 Å². The molecule has 1 atom stereocenters. The number of carbonyl (C=O) groups excluding carboxylic acids is 1. The van der Waals surface area contributed by atoms with Crippen LogP contribution in [0.25, 0.3) is 0 Å². The van der Waals surface area contributed by atoms with Crippen molar-refractivity contribution in [2.45, 2.75) is 70.9 Å². The Kier molecular flexibility index (Phi) is 7.46. The maximum atomic E-state index is 14.6. The van der Waals surface area contributed by atoms with Crippen LogP contribution in [0.1, 0.15) is 55.1 Å². The summed E-state index contributed by atoms with van der Waals surface area (Å²) in [5.41, 5.74) is 0.837. The molecule has 0 bridgehead atoms.